The van der Waals surface area contributed by atoms with Crippen molar-refractivity contribution in [1.82, 2.24) is 0 Å². The van der Waals surface area contributed by atoms with Crippen LogP contribution in [0.2, 0.25) is 0 Å². The second-order valence-electron chi connectivity index (χ2n) is 5.81. The van der Waals surface area contributed by atoms with E-state index in [0.717, 1.165) is 18.4 Å². The topological polar surface area (TPSA) is 72.7 Å². The number of nitrogens with zero attached hydrogens (tertiary/aromatic N) is 2. The van der Waals surface area contributed by atoms with E-state index in [2.05, 4.69) is 0 Å². The second-order valence-corrected chi connectivity index (χ2v) is 5.81. The number of nitro groups is 1. The number of carbonyl (C=O) groups excluding carboxylic acids is 1. The van der Waals surface area contributed by atoms with Gasteiger partial charge in [0.15, 0.2) is 0 Å². The summed E-state index contributed by atoms with van der Waals surface area (Å²) in [5.74, 6) is 0. The van der Waals surface area contributed by atoms with Crippen molar-refractivity contribution in [3.63, 3.8) is 0 Å². The molecule has 0 bridgehead atoms. The van der Waals surface area contributed by atoms with Crippen LogP contribution >= 0.6 is 0 Å². The lowest BCUT2D eigenvalue weighted by Gasteiger charge is -2.31. The SMILES string of the molecule is CC(C)(C)OC(=O)N1CCCc2ccc([N+](=O)[O-])cc21. The summed E-state index contributed by atoms with van der Waals surface area (Å²) in [6.07, 6.45) is 1.18. The van der Waals surface area contributed by atoms with Crippen molar-refractivity contribution < 1.29 is 14.5 Å². The van der Waals surface area contributed by atoms with Crippen LogP contribution in [0.4, 0.5) is 16.2 Å². The molecule has 2 rings (SSSR count). The number of ether oxygens (including phenoxy) is 1. The minimum absolute atomic E-state index is 0.0146. The number of hydrogen-bond acceptors (Lipinski definition) is 4. The zero-order valence-electron chi connectivity index (χ0n) is 11.9. The lowest BCUT2D eigenvalue weighted by molar-refractivity contribution is -0.384. The lowest BCUT2D eigenvalue weighted by atomic mass is 10.0. The molecule has 0 radical (unpaired) electrons. The number of carbonyl (C=O) groups is 1. The number of fused-ring (bicyclic) bond motifs is 1. The molecule has 0 saturated heterocycles. The van der Waals surface area contributed by atoms with Crippen LogP contribution in [-0.4, -0.2) is 23.2 Å². The molecule has 0 saturated carbocycles. The standard InChI is InChI=1S/C14H18N2O4/c1-14(2,3)20-13(17)15-8-4-5-10-6-7-11(16(18)19)9-12(10)15/h6-7,9H,4-5,8H2,1-3H3. The van der Waals surface area contributed by atoms with Gasteiger partial charge in [-0.05, 0) is 39.2 Å². The van der Waals surface area contributed by atoms with E-state index in [1.54, 1.807) is 26.8 Å². The number of aryl methyl sites for hydroxylation is 1. The van der Waals surface area contributed by atoms with Gasteiger partial charge in [-0.15, -0.1) is 0 Å². The molecule has 1 amide bonds. The number of amides is 1. The van der Waals surface area contributed by atoms with Crippen LogP contribution in [0.5, 0.6) is 0 Å². The maximum absolute atomic E-state index is 12.2. The zero-order valence-corrected chi connectivity index (χ0v) is 11.9. The summed E-state index contributed by atoms with van der Waals surface area (Å²) in [7, 11) is 0. The van der Waals surface area contributed by atoms with Gasteiger partial charge in [0, 0.05) is 18.7 Å². The van der Waals surface area contributed by atoms with E-state index in [1.165, 1.54) is 17.0 Å². The van der Waals surface area contributed by atoms with Gasteiger partial charge in [-0.25, -0.2) is 4.79 Å². The molecule has 0 N–H and O–H groups in total. The highest BCUT2D eigenvalue weighted by Crippen LogP contribution is 2.31. The first-order chi connectivity index (χ1) is 9.28. The van der Waals surface area contributed by atoms with Crippen molar-refractivity contribution in [2.24, 2.45) is 0 Å². The van der Waals surface area contributed by atoms with Gasteiger partial charge < -0.3 is 4.74 Å². The second kappa shape index (κ2) is 5.11. The first kappa shape index (κ1) is 14.3. The van der Waals surface area contributed by atoms with E-state index in [9.17, 15) is 14.9 Å². The van der Waals surface area contributed by atoms with Gasteiger partial charge >= 0.3 is 6.09 Å². The van der Waals surface area contributed by atoms with Gasteiger partial charge in [-0.1, -0.05) is 6.07 Å². The van der Waals surface area contributed by atoms with Crippen LogP contribution in [0.3, 0.4) is 0 Å². The summed E-state index contributed by atoms with van der Waals surface area (Å²) in [4.78, 5) is 24.1. The fourth-order valence-electron chi connectivity index (χ4n) is 2.18. The van der Waals surface area contributed by atoms with Crippen molar-refractivity contribution in [1.29, 1.82) is 0 Å². The van der Waals surface area contributed by atoms with Crippen LogP contribution in [0.1, 0.15) is 32.8 Å². The lowest BCUT2D eigenvalue weighted by Crippen LogP contribution is -2.39. The molecule has 0 aromatic heterocycles. The molecule has 1 aliphatic rings. The third-order valence-electron chi connectivity index (χ3n) is 3.01. The number of nitro benzene ring substituents is 1. The fourth-order valence-corrected chi connectivity index (χ4v) is 2.18. The molecule has 0 aliphatic carbocycles. The first-order valence-corrected chi connectivity index (χ1v) is 6.56. The number of benzene rings is 1. The minimum atomic E-state index is -0.588. The summed E-state index contributed by atoms with van der Waals surface area (Å²) in [6, 6.07) is 4.62. The summed E-state index contributed by atoms with van der Waals surface area (Å²) >= 11 is 0. The number of hydrogen-bond donors (Lipinski definition) is 0. The van der Waals surface area contributed by atoms with Crippen LogP contribution in [0, 0.1) is 10.1 Å². The minimum Gasteiger partial charge on any atom is -0.443 e. The number of rotatable bonds is 1. The Balaban J connectivity index is 2.33. The quantitative estimate of drug-likeness (QED) is 0.583. The van der Waals surface area contributed by atoms with Gasteiger partial charge in [0.25, 0.3) is 5.69 Å². The molecule has 1 aromatic carbocycles. The monoisotopic (exact) mass is 278 g/mol. The smallest absolute Gasteiger partial charge is 0.414 e. The Morgan fingerprint density at radius 1 is 1.40 bits per heavy atom. The van der Waals surface area contributed by atoms with E-state index in [0.29, 0.717) is 12.2 Å². The summed E-state index contributed by atoms with van der Waals surface area (Å²) < 4.78 is 5.35. The van der Waals surface area contributed by atoms with Gasteiger partial charge in [0.1, 0.15) is 5.60 Å². The van der Waals surface area contributed by atoms with Crippen LogP contribution in [0.15, 0.2) is 18.2 Å². The van der Waals surface area contributed by atoms with E-state index in [-0.39, 0.29) is 5.69 Å². The summed E-state index contributed by atoms with van der Waals surface area (Å²) in [5.41, 5.74) is 0.918. The Kier molecular flexibility index (Phi) is 3.65. The molecule has 1 heterocycles. The van der Waals surface area contributed by atoms with Gasteiger partial charge in [0.05, 0.1) is 10.6 Å². The van der Waals surface area contributed by atoms with Crippen molar-refractivity contribution >= 4 is 17.5 Å². The summed E-state index contributed by atoms with van der Waals surface area (Å²) in [6.45, 7) is 5.90. The highest BCUT2D eigenvalue weighted by atomic mass is 16.6. The van der Waals surface area contributed by atoms with Crippen LogP contribution in [0.25, 0.3) is 0 Å². The van der Waals surface area contributed by atoms with E-state index in [1.807, 2.05) is 0 Å². The molecule has 1 aromatic rings. The number of non-ortho nitro benzene ring substituents is 1. The highest BCUT2D eigenvalue weighted by Gasteiger charge is 2.28. The van der Waals surface area contributed by atoms with Crippen LogP contribution < -0.4 is 4.90 Å². The van der Waals surface area contributed by atoms with Gasteiger partial charge in [-0.3, -0.25) is 15.0 Å². The molecular weight excluding hydrogens is 260 g/mol. The van der Waals surface area contributed by atoms with Crippen molar-refractivity contribution in [3.8, 4) is 0 Å². The van der Waals surface area contributed by atoms with E-state index < -0.39 is 16.6 Å². The average molecular weight is 278 g/mol. The predicted octanol–water partition coefficient (Wildman–Crippen LogP) is 3.28. The maximum atomic E-state index is 12.2. The largest absolute Gasteiger partial charge is 0.443 e. The fraction of sp³-hybridized carbons (Fsp3) is 0.500. The van der Waals surface area contributed by atoms with Crippen molar-refractivity contribution in [2.75, 3.05) is 11.4 Å². The van der Waals surface area contributed by atoms with Gasteiger partial charge in [0.2, 0.25) is 0 Å². The Labute approximate surface area is 117 Å². The maximum Gasteiger partial charge on any atom is 0.414 e. The number of anilines is 1. The Hall–Kier alpha value is -2.11. The zero-order chi connectivity index (χ0) is 14.9. The predicted molar refractivity (Wildman–Crippen MR) is 75.0 cm³/mol. The molecule has 0 atom stereocenters. The van der Waals surface area contributed by atoms with Gasteiger partial charge in [-0.2, -0.15) is 0 Å². The van der Waals surface area contributed by atoms with Crippen molar-refractivity contribution in [2.45, 2.75) is 39.2 Å². The van der Waals surface area contributed by atoms with Crippen LogP contribution in [-0.2, 0) is 11.2 Å². The highest BCUT2D eigenvalue weighted by molar-refractivity contribution is 5.90. The first-order valence-electron chi connectivity index (χ1n) is 6.56. The molecule has 1 aliphatic heterocycles. The Morgan fingerprint density at radius 2 is 2.10 bits per heavy atom. The molecule has 0 spiro atoms. The Morgan fingerprint density at radius 3 is 2.70 bits per heavy atom. The molecule has 6 heteroatoms. The average Bonchev–Trinajstić information content (AvgIpc) is 2.35. The van der Waals surface area contributed by atoms with E-state index >= 15 is 0 Å². The molecule has 0 unspecified atom stereocenters. The van der Waals surface area contributed by atoms with Crippen molar-refractivity contribution in [3.05, 3.63) is 33.9 Å². The normalized spacial score (nSPS) is 14.7. The Bertz CT molecular complexity index is 549. The third-order valence-corrected chi connectivity index (χ3v) is 3.01. The van der Waals surface area contributed by atoms with E-state index in [4.69, 9.17) is 4.74 Å². The molecule has 20 heavy (non-hydrogen) atoms. The molecule has 108 valence electrons. The third kappa shape index (κ3) is 3.07. The molecular formula is C14H18N2O4. The molecule has 0 fully saturated rings. The summed E-state index contributed by atoms with van der Waals surface area (Å²) in [5, 5.41) is 10.9. The molecule has 6 nitrogen and oxygen atoms in total.